The second-order valence-corrected chi connectivity index (χ2v) is 10.8. The van der Waals surface area contributed by atoms with E-state index in [9.17, 15) is 0 Å². The molecular formula is C24H48N2. The van der Waals surface area contributed by atoms with E-state index in [4.69, 9.17) is 0 Å². The highest BCUT2D eigenvalue weighted by molar-refractivity contribution is 4.99. The Bertz CT molecular complexity index is 381. The maximum atomic E-state index is 2.42. The lowest BCUT2D eigenvalue weighted by Crippen LogP contribution is -2.57. The minimum absolute atomic E-state index is 0.591. The second-order valence-electron chi connectivity index (χ2n) is 10.8. The molecule has 2 aliphatic heterocycles. The fourth-order valence-electron chi connectivity index (χ4n) is 6.09. The predicted octanol–water partition coefficient (Wildman–Crippen LogP) is 5.92. The van der Waals surface area contributed by atoms with Gasteiger partial charge in [0.25, 0.3) is 0 Å². The normalized spacial score (nSPS) is 34.0. The van der Waals surface area contributed by atoms with Crippen LogP contribution in [0.25, 0.3) is 0 Å². The van der Waals surface area contributed by atoms with Gasteiger partial charge in [-0.2, -0.15) is 0 Å². The van der Waals surface area contributed by atoms with Crippen molar-refractivity contribution in [3.05, 3.63) is 0 Å². The molecule has 26 heavy (non-hydrogen) atoms. The Kier molecular flexibility index (Phi) is 8.04. The largest absolute Gasteiger partial charge is 0.306 e. The molecule has 2 bridgehead atoms. The van der Waals surface area contributed by atoms with Crippen LogP contribution in [0, 0.1) is 28.6 Å². The molecule has 0 radical (unpaired) electrons. The van der Waals surface area contributed by atoms with Crippen LogP contribution in [-0.4, -0.2) is 50.1 Å². The monoisotopic (exact) mass is 364 g/mol. The molecule has 0 aromatic heterocycles. The summed E-state index contributed by atoms with van der Waals surface area (Å²) in [6.07, 6.45) is 12.1. The average Bonchev–Trinajstić information content (AvgIpc) is 2.50. The number of fused-ring (bicyclic) bond motifs is 2. The quantitative estimate of drug-likeness (QED) is 0.526. The fraction of sp³-hybridized carbons (Fsp3) is 1.00. The molecule has 6 rings (SSSR count). The van der Waals surface area contributed by atoms with Gasteiger partial charge >= 0.3 is 0 Å². The molecule has 4 aliphatic carbocycles. The Morgan fingerprint density at radius 2 is 1.27 bits per heavy atom. The summed E-state index contributed by atoms with van der Waals surface area (Å²) in [4.78, 5) is 4.72. The van der Waals surface area contributed by atoms with Crippen LogP contribution in [0.2, 0.25) is 0 Å². The van der Waals surface area contributed by atoms with E-state index in [0.29, 0.717) is 5.41 Å². The maximum Gasteiger partial charge on any atom is 0.00474 e. The second kappa shape index (κ2) is 9.41. The summed E-state index contributed by atoms with van der Waals surface area (Å²) in [6, 6.07) is 0. The zero-order chi connectivity index (χ0) is 19.4. The SMILES string of the molecule is CC.CC(C)(C)C1C2CCCC1C2.CN1CC2(CCC2)C1.CN1CCC1. The zero-order valence-corrected chi connectivity index (χ0v) is 19.1. The van der Waals surface area contributed by atoms with Crippen LogP contribution in [0.15, 0.2) is 0 Å². The van der Waals surface area contributed by atoms with Crippen LogP contribution in [0.1, 0.15) is 86.0 Å². The maximum absolute atomic E-state index is 2.42. The van der Waals surface area contributed by atoms with Gasteiger partial charge < -0.3 is 9.80 Å². The number of likely N-dealkylation sites (tertiary alicyclic amines) is 2. The Morgan fingerprint density at radius 1 is 0.769 bits per heavy atom. The lowest BCUT2D eigenvalue weighted by atomic mass is 9.50. The topological polar surface area (TPSA) is 6.48 Å². The van der Waals surface area contributed by atoms with Crippen LogP contribution in [-0.2, 0) is 0 Å². The molecule has 2 heterocycles. The Balaban J connectivity index is 0.000000142. The number of rotatable bonds is 0. The van der Waals surface area contributed by atoms with Crippen molar-refractivity contribution in [2.45, 2.75) is 86.0 Å². The molecule has 2 unspecified atom stereocenters. The molecule has 2 atom stereocenters. The summed E-state index contributed by atoms with van der Waals surface area (Å²) in [6.45, 7) is 16.7. The van der Waals surface area contributed by atoms with Crippen molar-refractivity contribution in [3.63, 3.8) is 0 Å². The van der Waals surface area contributed by atoms with E-state index >= 15 is 0 Å². The number of hydrogen-bond acceptors (Lipinski definition) is 2. The molecule has 6 fully saturated rings. The molecule has 6 aliphatic rings. The van der Waals surface area contributed by atoms with Gasteiger partial charge in [-0.25, -0.2) is 0 Å². The Hall–Kier alpha value is -0.0800. The molecule has 2 heteroatoms. The lowest BCUT2D eigenvalue weighted by Gasteiger charge is -2.55. The van der Waals surface area contributed by atoms with Gasteiger partial charge in [-0.3, -0.25) is 0 Å². The number of hydrogen-bond donors (Lipinski definition) is 0. The van der Waals surface area contributed by atoms with Crippen molar-refractivity contribution in [2.75, 3.05) is 40.3 Å². The van der Waals surface area contributed by atoms with Crippen molar-refractivity contribution >= 4 is 0 Å². The van der Waals surface area contributed by atoms with E-state index in [2.05, 4.69) is 44.7 Å². The van der Waals surface area contributed by atoms with E-state index in [1.54, 1.807) is 6.42 Å². The van der Waals surface area contributed by atoms with Gasteiger partial charge in [0.15, 0.2) is 0 Å². The summed E-state index contributed by atoms with van der Waals surface area (Å²) < 4.78 is 0. The summed E-state index contributed by atoms with van der Waals surface area (Å²) in [5, 5.41) is 0. The van der Waals surface area contributed by atoms with E-state index in [0.717, 1.165) is 23.2 Å². The first-order valence-corrected chi connectivity index (χ1v) is 11.7. The smallest absolute Gasteiger partial charge is 0.00474 e. The van der Waals surface area contributed by atoms with Crippen molar-refractivity contribution in [2.24, 2.45) is 28.6 Å². The van der Waals surface area contributed by atoms with Crippen LogP contribution in [0.3, 0.4) is 0 Å². The first-order chi connectivity index (χ1) is 12.3. The van der Waals surface area contributed by atoms with E-state index < -0.39 is 0 Å². The highest BCUT2D eigenvalue weighted by Gasteiger charge is 2.48. The molecule has 0 aromatic rings. The van der Waals surface area contributed by atoms with Gasteiger partial charge in [0.2, 0.25) is 0 Å². The molecule has 2 saturated heterocycles. The fourth-order valence-corrected chi connectivity index (χ4v) is 6.09. The highest BCUT2D eigenvalue weighted by atomic mass is 15.2. The minimum atomic E-state index is 0.591. The number of nitrogens with zero attached hydrogens (tertiary/aromatic N) is 2. The summed E-state index contributed by atoms with van der Waals surface area (Å²) in [7, 11) is 4.35. The minimum Gasteiger partial charge on any atom is -0.306 e. The predicted molar refractivity (Wildman–Crippen MR) is 116 cm³/mol. The van der Waals surface area contributed by atoms with Gasteiger partial charge in [-0.05, 0) is 81.5 Å². The Morgan fingerprint density at radius 3 is 1.42 bits per heavy atom. The van der Waals surface area contributed by atoms with Gasteiger partial charge in [0.1, 0.15) is 0 Å². The molecule has 1 spiro atoms. The lowest BCUT2D eigenvalue weighted by molar-refractivity contribution is -0.0583. The van der Waals surface area contributed by atoms with E-state index in [1.165, 1.54) is 71.1 Å². The summed E-state index contributed by atoms with van der Waals surface area (Å²) in [5.41, 5.74) is 1.43. The third-order valence-electron chi connectivity index (χ3n) is 7.48. The standard InChI is InChI=1S/C11H20.C7H13N.C4H9N.C2H6/c1-11(2,3)10-8-5-4-6-9(10)7-8;1-8-5-7(6-8)3-2-4-7;1-5-3-2-4-5;1-2/h8-10H,4-7H2,1-3H3;2-6H2,1H3;2-4H2,1H3;1-2H3. The zero-order valence-electron chi connectivity index (χ0n) is 19.1. The average molecular weight is 365 g/mol. The molecule has 0 N–H and O–H groups in total. The van der Waals surface area contributed by atoms with Crippen molar-refractivity contribution < 1.29 is 0 Å². The van der Waals surface area contributed by atoms with Crippen molar-refractivity contribution in [1.82, 2.24) is 9.80 Å². The highest BCUT2D eigenvalue weighted by Crippen LogP contribution is 2.57. The first kappa shape index (κ1) is 22.2. The third-order valence-corrected chi connectivity index (χ3v) is 7.48. The molecule has 154 valence electrons. The van der Waals surface area contributed by atoms with Crippen LogP contribution >= 0.6 is 0 Å². The molecule has 0 amide bonds. The van der Waals surface area contributed by atoms with E-state index in [1.807, 2.05) is 13.8 Å². The van der Waals surface area contributed by atoms with Gasteiger partial charge in [-0.1, -0.05) is 60.3 Å². The Labute approximate surface area is 165 Å². The van der Waals surface area contributed by atoms with Crippen molar-refractivity contribution in [1.29, 1.82) is 0 Å². The van der Waals surface area contributed by atoms with E-state index in [-0.39, 0.29) is 0 Å². The summed E-state index contributed by atoms with van der Waals surface area (Å²) >= 11 is 0. The molecular weight excluding hydrogens is 316 g/mol. The van der Waals surface area contributed by atoms with Gasteiger partial charge in [-0.15, -0.1) is 0 Å². The first-order valence-electron chi connectivity index (χ1n) is 11.7. The van der Waals surface area contributed by atoms with Crippen LogP contribution in [0.4, 0.5) is 0 Å². The molecule has 4 saturated carbocycles. The third kappa shape index (κ3) is 5.47. The van der Waals surface area contributed by atoms with Crippen LogP contribution in [0.5, 0.6) is 0 Å². The van der Waals surface area contributed by atoms with Crippen molar-refractivity contribution in [3.8, 4) is 0 Å². The van der Waals surface area contributed by atoms with Gasteiger partial charge in [0.05, 0.1) is 0 Å². The summed E-state index contributed by atoms with van der Waals surface area (Å²) in [5.74, 6) is 3.28. The van der Waals surface area contributed by atoms with Crippen LogP contribution < -0.4 is 0 Å². The molecule has 0 aromatic carbocycles. The molecule has 2 nitrogen and oxygen atoms in total. The van der Waals surface area contributed by atoms with Gasteiger partial charge in [0, 0.05) is 13.1 Å².